The summed E-state index contributed by atoms with van der Waals surface area (Å²) in [5, 5.41) is 0. The van der Waals surface area contributed by atoms with Crippen LogP contribution in [-0.2, 0) is 4.79 Å². The molecule has 0 spiro atoms. The molecule has 6 heteroatoms. The molecule has 0 aliphatic carbocycles. The largest absolute Gasteiger partial charge is 0.490 e. The van der Waals surface area contributed by atoms with Crippen molar-refractivity contribution >= 4 is 24.4 Å². The lowest BCUT2D eigenvalue weighted by Gasteiger charge is -2.26. The summed E-state index contributed by atoms with van der Waals surface area (Å²) in [6, 6.07) is 5.98. The number of amides is 1. The van der Waals surface area contributed by atoms with Gasteiger partial charge in [-0.3, -0.25) is 4.79 Å². The maximum Gasteiger partial charge on any atom is 0.253 e. The fourth-order valence-corrected chi connectivity index (χ4v) is 3.35. The summed E-state index contributed by atoms with van der Waals surface area (Å²) in [7, 11) is 0. The molecule has 2 aliphatic rings. The summed E-state index contributed by atoms with van der Waals surface area (Å²) in [5.41, 5.74) is 7.34. The van der Waals surface area contributed by atoms with E-state index in [0.29, 0.717) is 24.6 Å². The molecule has 0 aromatic heterocycles. The van der Waals surface area contributed by atoms with Crippen LogP contribution in [0, 0.1) is 5.92 Å². The molecular weight excluding hydrogens is 328 g/mol. The highest BCUT2D eigenvalue weighted by molar-refractivity contribution is 5.99. The van der Waals surface area contributed by atoms with Crippen LogP contribution in [-0.4, -0.2) is 43.2 Å². The predicted octanol–water partition coefficient (Wildman–Crippen LogP) is 2.48. The first kappa shape index (κ1) is 18.6. The molecule has 1 saturated heterocycles. The lowest BCUT2D eigenvalue weighted by molar-refractivity contribution is -0.128. The number of carbonyl (C=O) groups is 1. The first-order valence-electron chi connectivity index (χ1n) is 8.24. The maximum absolute atomic E-state index is 12.8. The van der Waals surface area contributed by atoms with Crippen LogP contribution in [0.4, 0.5) is 0 Å². The summed E-state index contributed by atoms with van der Waals surface area (Å²) in [6.45, 7) is 6.26. The molecule has 2 aliphatic heterocycles. The van der Waals surface area contributed by atoms with Crippen molar-refractivity contribution in [2.24, 2.45) is 11.7 Å². The fraction of sp³-hybridized carbons (Fsp3) is 0.500. The molecule has 1 amide bonds. The minimum atomic E-state index is 0. The predicted molar refractivity (Wildman–Crippen MR) is 96.7 cm³/mol. The average Bonchev–Trinajstić information content (AvgIpc) is 2.95. The third-order valence-corrected chi connectivity index (χ3v) is 4.54. The number of benzene rings is 1. The molecule has 1 aromatic carbocycles. The first-order valence-corrected chi connectivity index (χ1v) is 8.24. The van der Waals surface area contributed by atoms with Crippen molar-refractivity contribution in [2.45, 2.75) is 26.3 Å². The van der Waals surface area contributed by atoms with Gasteiger partial charge in [0.25, 0.3) is 5.91 Å². The first-order chi connectivity index (χ1) is 11.1. The molecule has 3 rings (SSSR count). The van der Waals surface area contributed by atoms with Gasteiger partial charge >= 0.3 is 0 Å². The number of likely N-dealkylation sites (tertiary alicyclic amines) is 1. The van der Waals surface area contributed by atoms with E-state index in [2.05, 4.69) is 6.92 Å². The molecular formula is C18H25ClN2O3. The third-order valence-electron chi connectivity index (χ3n) is 4.54. The van der Waals surface area contributed by atoms with Crippen molar-refractivity contribution in [1.29, 1.82) is 0 Å². The topological polar surface area (TPSA) is 64.8 Å². The zero-order valence-electron chi connectivity index (χ0n) is 14.2. The van der Waals surface area contributed by atoms with E-state index in [1.165, 1.54) is 0 Å². The van der Waals surface area contributed by atoms with Gasteiger partial charge < -0.3 is 20.1 Å². The number of halogens is 1. The van der Waals surface area contributed by atoms with Crippen LogP contribution in [0.3, 0.4) is 0 Å². The van der Waals surface area contributed by atoms with Crippen LogP contribution in [0.5, 0.6) is 11.5 Å². The Balaban J connectivity index is 0.00000208. The molecule has 2 atom stereocenters. The molecule has 5 nitrogen and oxygen atoms in total. The van der Waals surface area contributed by atoms with Crippen molar-refractivity contribution in [1.82, 2.24) is 4.90 Å². The Labute approximate surface area is 149 Å². The molecule has 0 radical (unpaired) electrons. The molecule has 2 heterocycles. The van der Waals surface area contributed by atoms with E-state index in [9.17, 15) is 4.79 Å². The highest BCUT2D eigenvalue weighted by atomic mass is 35.5. The number of carbonyl (C=O) groups excluding carboxylic acids is 1. The van der Waals surface area contributed by atoms with E-state index in [1.807, 2.05) is 36.1 Å². The summed E-state index contributed by atoms with van der Waals surface area (Å²) >= 11 is 0. The third kappa shape index (κ3) is 3.52. The fourth-order valence-electron chi connectivity index (χ4n) is 3.35. The van der Waals surface area contributed by atoms with Crippen LogP contribution in [0.15, 0.2) is 23.8 Å². The number of para-hydroxylation sites is 1. The molecule has 1 aromatic rings. The van der Waals surface area contributed by atoms with E-state index in [4.69, 9.17) is 15.2 Å². The van der Waals surface area contributed by atoms with Gasteiger partial charge in [-0.1, -0.05) is 12.1 Å². The van der Waals surface area contributed by atoms with Crippen LogP contribution in [0.1, 0.15) is 25.8 Å². The smallest absolute Gasteiger partial charge is 0.253 e. The average molecular weight is 353 g/mol. The minimum Gasteiger partial charge on any atom is -0.490 e. The Hall–Kier alpha value is -1.72. The monoisotopic (exact) mass is 352 g/mol. The summed E-state index contributed by atoms with van der Waals surface area (Å²) in [4.78, 5) is 14.7. The molecule has 132 valence electrons. The van der Waals surface area contributed by atoms with E-state index >= 15 is 0 Å². The number of fused-ring (bicyclic) bond motifs is 1. The number of rotatable bonds is 4. The molecule has 1 fully saturated rings. The number of hydrogen-bond donors (Lipinski definition) is 1. The van der Waals surface area contributed by atoms with E-state index < -0.39 is 0 Å². The molecule has 2 unspecified atom stereocenters. The van der Waals surface area contributed by atoms with Crippen molar-refractivity contribution in [2.75, 3.05) is 26.3 Å². The quantitative estimate of drug-likeness (QED) is 0.904. The van der Waals surface area contributed by atoms with E-state index in [1.54, 1.807) is 0 Å². The SMILES string of the molecule is CCOc1cccc2c1OCC(C(=O)N1CC(CN)CC1C)=C2.Cl. The van der Waals surface area contributed by atoms with Crippen molar-refractivity contribution in [3.8, 4) is 11.5 Å². The molecule has 24 heavy (non-hydrogen) atoms. The van der Waals surface area contributed by atoms with Gasteiger partial charge in [-0.25, -0.2) is 0 Å². The van der Waals surface area contributed by atoms with Crippen LogP contribution in [0.25, 0.3) is 6.08 Å². The summed E-state index contributed by atoms with van der Waals surface area (Å²) in [6.07, 6.45) is 2.90. The standard InChI is InChI=1S/C18H24N2O3.ClH/c1-3-22-16-6-4-5-14-8-15(11-23-17(14)16)18(21)20-10-13(9-19)7-12(20)2;/h4-6,8,12-13H,3,7,9-11,19H2,1-2H3;1H. The van der Waals surface area contributed by atoms with Crippen LogP contribution >= 0.6 is 12.4 Å². The Morgan fingerprint density at radius 2 is 2.25 bits per heavy atom. The van der Waals surface area contributed by atoms with Crippen molar-refractivity contribution in [3.05, 3.63) is 29.3 Å². The number of hydrogen-bond acceptors (Lipinski definition) is 4. The second-order valence-corrected chi connectivity index (χ2v) is 6.21. The van der Waals surface area contributed by atoms with E-state index in [-0.39, 0.29) is 31.0 Å². The van der Waals surface area contributed by atoms with Gasteiger partial charge in [0.1, 0.15) is 6.61 Å². The molecule has 0 bridgehead atoms. The van der Waals surface area contributed by atoms with Gasteiger partial charge in [0.05, 0.1) is 12.2 Å². The zero-order chi connectivity index (χ0) is 16.4. The minimum absolute atomic E-state index is 0. The Morgan fingerprint density at radius 3 is 2.92 bits per heavy atom. The van der Waals surface area contributed by atoms with Gasteiger partial charge in [0.2, 0.25) is 0 Å². The van der Waals surface area contributed by atoms with Crippen molar-refractivity contribution in [3.63, 3.8) is 0 Å². The van der Waals surface area contributed by atoms with E-state index in [0.717, 1.165) is 30.0 Å². The van der Waals surface area contributed by atoms with Crippen molar-refractivity contribution < 1.29 is 14.3 Å². The molecule has 0 saturated carbocycles. The highest BCUT2D eigenvalue weighted by Gasteiger charge is 2.34. The Bertz CT molecular complexity index is 633. The van der Waals surface area contributed by atoms with Crippen LogP contribution in [0.2, 0.25) is 0 Å². The zero-order valence-corrected chi connectivity index (χ0v) is 15.0. The summed E-state index contributed by atoms with van der Waals surface area (Å²) < 4.78 is 11.4. The Kier molecular flexibility index (Phi) is 6.13. The highest BCUT2D eigenvalue weighted by Crippen LogP contribution is 2.36. The van der Waals surface area contributed by atoms with Gasteiger partial charge in [0.15, 0.2) is 11.5 Å². The van der Waals surface area contributed by atoms with Gasteiger partial charge in [-0.15, -0.1) is 12.4 Å². The second kappa shape index (κ2) is 7.90. The lowest BCUT2D eigenvalue weighted by Crippen LogP contribution is -2.37. The molecule has 2 N–H and O–H groups in total. The number of nitrogens with zero attached hydrogens (tertiary/aromatic N) is 1. The van der Waals surface area contributed by atoms with Gasteiger partial charge in [-0.05, 0) is 44.9 Å². The number of nitrogens with two attached hydrogens (primary N) is 1. The normalized spacial score (nSPS) is 22.1. The van der Waals surface area contributed by atoms with Gasteiger partial charge in [0, 0.05) is 18.2 Å². The summed E-state index contributed by atoms with van der Waals surface area (Å²) in [5.74, 6) is 1.91. The van der Waals surface area contributed by atoms with Gasteiger partial charge in [-0.2, -0.15) is 0 Å². The lowest BCUT2D eigenvalue weighted by atomic mass is 10.1. The van der Waals surface area contributed by atoms with Crippen LogP contribution < -0.4 is 15.2 Å². The maximum atomic E-state index is 12.8. The second-order valence-electron chi connectivity index (χ2n) is 6.21. The Morgan fingerprint density at radius 1 is 1.46 bits per heavy atom. The number of ether oxygens (including phenoxy) is 2.